The smallest absolute Gasteiger partial charge is 0.260 e. The van der Waals surface area contributed by atoms with Gasteiger partial charge in [-0.25, -0.2) is 0 Å². The molecule has 0 radical (unpaired) electrons. The summed E-state index contributed by atoms with van der Waals surface area (Å²) >= 11 is 6.20. The predicted octanol–water partition coefficient (Wildman–Crippen LogP) is 2.62. The van der Waals surface area contributed by atoms with E-state index in [0.29, 0.717) is 16.8 Å². The SMILES string of the molecule is CCC(N)Cc1ccc(OCC(=O)N(C)C2CC2)c(Cl)c1. The zero-order valence-corrected chi connectivity index (χ0v) is 13.4. The van der Waals surface area contributed by atoms with Crippen LogP contribution in [0.5, 0.6) is 5.75 Å². The topological polar surface area (TPSA) is 55.6 Å². The molecule has 21 heavy (non-hydrogen) atoms. The van der Waals surface area contributed by atoms with Crippen LogP contribution in [0.2, 0.25) is 5.02 Å². The van der Waals surface area contributed by atoms with E-state index < -0.39 is 0 Å². The molecule has 2 N–H and O–H groups in total. The highest BCUT2D eigenvalue weighted by molar-refractivity contribution is 6.32. The number of ether oxygens (including phenoxy) is 1. The number of benzene rings is 1. The molecule has 1 aliphatic rings. The van der Waals surface area contributed by atoms with Gasteiger partial charge in [0.25, 0.3) is 5.91 Å². The Morgan fingerprint density at radius 1 is 1.52 bits per heavy atom. The second-order valence-electron chi connectivity index (χ2n) is 5.66. The quantitative estimate of drug-likeness (QED) is 0.842. The van der Waals surface area contributed by atoms with Crippen LogP contribution >= 0.6 is 11.6 Å². The van der Waals surface area contributed by atoms with E-state index in [1.165, 1.54) is 0 Å². The molecule has 5 heteroatoms. The minimum atomic E-state index is -0.00866. The van der Waals surface area contributed by atoms with Crippen molar-refractivity contribution in [2.24, 2.45) is 5.73 Å². The molecule has 0 spiro atoms. The third kappa shape index (κ3) is 4.61. The molecule has 1 unspecified atom stereocenters. The zero-order chi connectivity index (χ0) is 15.4. The Morgan fingerprint density at radius 3 is 2.81 bits per heavy atom. The molecule has 116 valence electrons. The molecule has 0 heterocycles. The van der Waals surface area contributed by atoms with Gasteiger partial charge in [-0.3, -0.25) is 4.79 Å². The van der Waals surface area contributed by atoms with Gasteiger partial charge >= 0.3 is 0 Å². The monoisotopic (exact) mass is 310 g/mol. The molecule has 0 aromatic heterocycles. The molecule has 1 atom stereocenters. The molecule has 1 amide bonds. The second kappa shape index (κ2) is 7.14. The molecular weight excluding hydrogens is 288 g/mol. The highest BCUT2D eigenvalue weighted by Gasteiger charge is 2.29. The van der Waals surface area contributed by atoms with E-state index in [0.717, 1.165) is 31.2 Å². The number of rotatable bonds is 7. The lowest BCUT2D eigenvalue weighted by molar-refractivity contribution is -0.132. The predicted molar refractivity (Wildman–Crippen MR) is 84.7 cm³/mol. The van der Waals surface area contributed by atoms with Crippen LogP contribution in [0, 0.1) is 0 Å². The maximum Gasteiger partial charge on any atom is 0.260 e. The minimum Gasteiger partial charge on any atom is -0.482 e. The fourth-order valence-corrected chi connectivity index (χ4v) is 2.40. The van der Waals surface area contributed by atoms with Gasteiger partial charge in [-0.15, -0.1) is 0 Å². The summed E-state index contributed by atoms with van der Waals surface area (Å²) in [4.78, 5) is 13.7. The first-order chi connectivity index (χ1) is 10.0. The third-order valence-corrected chi connectivity index (χ3v) is 4.15. The van der Waals surface area contributed by atoms with Gasteiger partial charge < -0.3 is 15.4 Å². The maximum absolute atomic E-state index is 11.9. The van der Waals surface area contributed by atoms with Gasteiger partial charge in [-0.1, -0.05) is 24.6 Å². The Hall–Kier alpha value is -1.26. The fourth-order valence-electron chi connectivity index (χ4n) is 2.14. The summed E-state index contributed by atoms with van der Waals surface area (Å²) in [5.74, 6) is 0.536. The standard InChI is InChI=1S/C16H23ClN2O2/c1-3-12(18)8-11-4-7-15(14(17)9-11)21-10-16(20)19(2)13-5-6-13/h4,7,9,12-13H,3,5-6,8,10,18H2,1-2H3. The molecule has 0 bridgehead atoms. The Balaban J connectivity index is 1.89. The summed E-state index contributed by atoms with van der Waals surface area (Å²) in [5, 5.41) is 0.526. The molecule has 2 rings (SSSR count). The highest BCUT2D eigenvalue weighted by Crippen LogP contribution is 2.27. The normalized spacial score (nSPS) is 15.6. The number of likely N-dealkylation sites (N-methyl/N-ethyl adjacent to an activating group) is 1. The van der Waals surface area contributed by atoms with E-state index in [1.807, 2.05) is 25.2 Å². The van der Waals surface area contributed by atoms with Crippen molar-refractivity contribution in [3.8, 4) is 5.75 Å². The number of nitrogens with zero attached hydrogens (tertiary/aromatic N) is 1. The lowest BCUT2D eigenvalue weighted by Gasteiger charge is -2.17. The number of carbonyl (C=O) groups excluding carboxylic acids is 1. The molecular formula is C16H23ClN2O2. The van der Waals surface area contributed by atoms with E-state index in [1.54, 1.807) is 4.90 Å². The van der Waals surface area contributed by atoms with Gasteiger partial charge in [0, 0.05) is 19.1 Å². The molecule has 1 aromatic carbocycles. The van der Waals surface area contributed by atoms with Gasteiger partial charge in [-0.2, -0.15) is 0 Å². The fraction of sp³-hybridized carbons (Fsp3) is 0.562. The van der Waals surface area contributed by atoms with Crippen LogP contribution in [0.25, 0.3) is 0 Å². The van der Waals surface area contributed by atoms with E-state index >= 15 is 0 Å². The van der Waals surface area contributed by atoms with Crippen LogP contribution in [-0.2, 0) is 11.2 Å². The van der Waals surface area contributed by atoms with Crippen LogP contribution in [0.15, 0.2) is 18.2 Å². The molecule has 1 saturated carbocycles. The van der Waals surface area contributed by atoms with E-state index in [-0.39, 0.29) is 18.6 Å². The molecule has 1 aromatic rings. The number of hydrogen-bond donors (Lipinski definition) is 1. The minimum absolute atomic E-state index is 0.00866. The van der Waals surface area contributed by atoms with Crippen LogP contribution in [0.3, 0.4) is 0 Å². The summed E-state index contributed by atoms with van der Waals surface area (Å²) in [7, 11) is 1.82. The van der Waals surface area contributed by atoms with Crippen molar-refractivity contribution in [1.29, 1.82) is 0 Å². The molecule has 0 saturated heterocycles. The highest BCUT2D eigenvalue weighted by atomic mass is 35.5. The van der Waals surface area contributed by atoms with Gasteiger partial charge in [-0.05, 0) is 43.4 Å². The Bertz CT molecular complexity index is 503. The summed E-state index contributed by atoms with van der Waals surface area (Å²) < 4.78 is 5.53. The average molecular weight is 311 g/mol. The summed E-state index contributed by atoms with van der Waals surface area (Å²) in [6, 6.07) is 6.16. The number of amides is 1. The summed E-state index contributed by atoms with van der Waals surface area (Å²) in [6.45, 7) is 2.09. The summed E-state index contributed by atoms with van der Waals surface area (Å²) in [6.07, 6.45) is 3.91. The van der Waals surface area contributed by atoms with Gasteiger partial charge in [0.2, 0.25) is 0 Å². The summed E-state index contributed by atoms with van der Waals surface area (Å²) in [5.41, 5.74) is 7.02. The van der Waals surface area contributed by atoms with E-state index in [4.69, 9.17) is 22.1 Å². The second-order valence-corrected chi connectivity index (χ2v) is 6.07. The van der Waals surface area contributed by atoms with Crippen molar-refractivity contribution >= 4 is 17.5 Å². The van der Waals surface area contributed by atoms with Crippen LogP contribution < -0.4 is 10.5 Å². The average Bonchev–Trinajstić information content (AvgIpc) is 3.29. The first-order valence-electron chi connectivity index (χ1n) is 7.43. The van der Waals surface area contributed by atoms with E-state index in [9.17, 15) is 4.79 Å². The Labute approximate surface area is 131 Å². The van der Waals surface area contributed by atoms with Crippen LogP contribution in [-0.4, -0.2) is 36.5 Å². The van der Waals surface area contributed by atoms with Crippen molar-refractivity contribution in [2.75, 3.05) is 13.7 Å². The van der Waals surface area contributed by atoms with Gasteiger partial charge in [0.05, 0.1) is 5.02 Å². The molecule has 1 aliphatic carbocycles. The maximum atomic E-state index is 11.9. The van der Waals surface area contributed by atoms with Crippen LogP contribution in [0.1, 0.15) is 31.7 Å². The number of halogens is 1. The van der Waals surface area contributed by atoms with Crippen LogP contribution in [0.4, 0.5) is 0 Å². The van der Waals surface area contributed by atoms with Gasteiger partial charge in [0.1, 0.15) is 5.75 Å². The number of nitrogens with two attached hydrogens (primary N) is 1. The zero-order valence-electron chi connectivity index (χ0n) is 12.6. The third-order valence-electron chi connectivity index (χ3n) is 3.86. The first-order valence-corrected chi connectivity index (χ1v) is 7.81. The largest absolute Gasteiger partial charge is 0.482 e. The molecule has 0 aliphatic heterocycles. The van der Waals surface area contributed by atoms with Crippen molar-refractivity contribution in [3.05, 3.63) is 28.8 Å². The van der Waals surface area contributed by atoms with Crippen molar-refractivity contribution in [1.82, 2.24) is 4.90 Å². The van der Waals surface area contributed by atoms with Crippen molar-refractivity contribution < 1.29 is 9.53 Å². The lowest BCUT2D eigenvalue weighted by Crippen LogP contribution is -2.33. The van der Waals surface area contributed by atoms with Gasteiger partial charge in [0.15, 0.2) is 6.61 Å². The first kappa shape index (κ1) is 16.1. The lowest BCUT2D eigenvalue weighted by atomic mass is 10.0. The Kier molecular flexibility index (Phi) is 5.48. The molecule has 1 fully saturated rings. The Morgan fingerprint density at radius 2 is 2.24 bits per heavy atom. The number of carbonyl (C=O) groups is 1. The van der Waals surface area contributed by atoms with Crippen molar-refractivity contribution in [3.63, 3.8) is 0 Å². The van der Waals surface area contributed by atoms with E-state index in [2.05, 4.69) is 6.92 Å². The molecule has 4 nitrogen and oxygen atoms in total. The van der Waals surface area contributed by atoms with Crippen molar-refractivity contribution in [2.45, 2.75) is 44.7 Å². The number of hydrogen-bond acceptors (Lipinski definition) is 3.